The predicted octanol–water partition coefficient (Wildman–Crippen LogP) is 3.10. The van der Waals surface area contributed by atoms with E-state index in [0.717, 1.165) is 6.20 Å². The van der Waals surface area contributed by atoms with Gasteiger partial charge in [-0.15, -0.1) is 0 Å². The predicted molar refractivity (Wildman–Crippen MR) is 43.5 cm³/mol. The Morgan fingerprint density at radius 1 is 1.31 bits per heavy atom. The van der Waals surface area contributed by atoms with Crippen molar-refractivity contribution < 1.29 is 22.0 Å². The fraction of sp³-hybridized carbons (Fsp3) is 0.333. The normalized spacial score (nSPS) is 11.6. The first-order valence-corrected chi connectivity index (χ1v) is 4.07. The molecule has 16 heavy (non-hydrogen) atoms. The van der Waals surface area contributed by atoms with Crippen molar-refractivity contribution in [1.29, 1.82) is 5.26 Å². The summed E-state index contributed by atoms with van der Waals surface area (Å²) in [5, 5.41) is 8.32. The van der Waals surface area contributed by atoms with Crippen LogP contribution in [0.2, 0.25) is 0 Å². The first-order chi connectivity index (χ1) is 7.38. The topological polar surface area (TPSA) is 36.7 Å². The minimum atomic E-state index is -4.90. The van der Waals surface area contributed by atoms with Gasteiger partial charge in [-0.05, 0) is 5.56 Å². The summed E-state index contributed by atoms with van der Waals surface area (Å²) in [5.41, 5.74) is -3.05. The molecule has 0 spiro atoms. The fourth-order valence-electron chi connectivity index (χ4n) is 1.22. The molecule has 86 valence electrons. The van der Waals surface area contributed by atoms with Gasteiger partial charge in [0.05, 0.1) is 18.1 Å². The summed E-state index contributed by atoms with van der Waals surface area (Å²) in [4.78, 5) is 3.21. The van der Waals surface area contributed by atoms with Crippen LogP contribution in [-0.4, -0.2) is 4.98 Å². The molecule has 0 aromatic carbocycles. The van der Waals surface area contributed by atoms with Gasteiger partial charge in [0.25, 0.3) is 6.43 Å². The van der Waals surface area contributed by atoms with Crippen molar-refractivity contribution in [2.24, 2.45) is 0 Å². The van der Waals surface area contributed by atoms with Crippen molar-refractivity contribution in [3.8, 4) is 6.07 Å². The summed E-state index contributed by atoms with van der Waals surface area (Å²) in [6.07, 6.45) is -7.54. The highest BCUT2D eigenvalue weighted by molar-refractivity contribution is 5.36. The fourth-order valence-corrected chi connectivity index (χ4v) is 1.22. The van der Waals surface area contributed by atoms with Crippen molar-refractivity contribution >= 4 is 0 Å². The summed E-state index contributed by atoms with van der Waals surface area (Å²) in [5.74, 6) is 0. The molecule has 0 fully saturated rings. The van der Waals surface area contributed by atoms with Crippen LogP contribution in [0.25, 0.3) is 0 Å². The van der Waals surface area contributed by atoms with E-state index in [1.54, 1.807) is 0 Å². The van der Waals surface area contributed by atoms with Gasteiger partial charge in [-0.25, -0.2) is 8.78 Å². The lowest BCUT2D eigenvalue weighted by Gasteiger charge is -2.14. The molecule has 0 saturated carbocycles. The SMILES string of the molecule is N#CCc1cncc(C(F)(F)F)c1C(F)F. The number of aromatic nitrogens is 1. The van der Waals surface area contributed by atoms with E-state index in [2.05, 4.69) is 4.98 Å². The number of hydrogen-bond acceptors (Lipinski definition) is 2. The van der Waals surface area contributed by atoms with E-state index in [-0.39, 0.29) is 0 Å². The second-order valence-electron chi connectivity index (χ2n) is 2.89. The van der Waals surface area contributed by atoms with Gasteiger partial charge in [0, 0.05) is 18.0 Å². The molecule has 1 aromatic heterocycles. The van der Waals surface area contributed by atoms with Crippen LogP contribution >= 0.6 is 0 Å². The molecule has 0 radical (unpaired) electrons. The lowest BCUT2D eigenvalue weighted by Crippen LogP contribution is -2.12. The molecular weight excluding hydrogens is 231 g/mol. The smallest absolute Gasteiger partial charge is 0.264 e. The van der Waals surface area contributed by atoms with Crippen molar-refractivity contribution in [1.82, 2.24) is 4.98 Å². The number of hydrogen-bond donors (Lipinski definition) is 0. The number of nitriles is 1. The van der Waals surface area contributed by atoms with Gasteiger partial charge in [-0.3, -0.25) is 4.98 Å². The Bertz CT molecular complexity index is 419. The summed E-state index contributed by atoms with van der Waals surface area (Å²) in [6, 6.07) is 1.52. The zero-order chi connectivity index (χ0) is 12.3. The number of rotatable bonds is 2. The van der Waals surface area contributed by atoms with Crippen molar-refractivity contribution in [2.75, 3.05) is 0 Å². The lowest BCUT2D eigenvalue weighted by molar-refractivity contribution is -0.139. The Hall–Kier alpha value is -1.71. The van der Waals surface area contributed by atoms with E-state index >= 15 is 0 Å². The maximum atomic E-state index is 12.5. The Morgan fingerprint density at radius 2 is 1.94 bits per heavy atom. The standard InChI is InChI=1S/C9H5F5N2/c10-8(11)7-5(1-2-15)3-16-4-6(7)9(12,13)14/h3-4,8H,1H2. The summed E-state index contributed by atoms with van der Waals surface area (Å²) >= 11 is 0. The molecule has 0 aliphatic carbocycles. The van der Waals surface area contributed by atoms with Gasteiger partial charge in [0.15, 0.2) is 0 Å². The van der Waals surface area contributed by atoms with Gasteiger partial charge in [-0.1, -0.05) is 0 Å². The monoisotopic (exact) mass is 236 g/mol. The minimum absolute atomic E-state index is 0.336. The zero-order valence-corrected chi connectivity index (χ0v) is 7.72. The van der Waals surface area contributed by atoms with E-state index in [1.807, 2.05) is 0 Å². The van der Waals surface area contributed by atoms with E-state index in [0.29, 0.717) is 6.20 Å². The molecule has 0 unspecified atom stereocenters. The van der Waals surface area contributed by atoms with Gasteiger partial charge >= 0.3 is 6.18 Å². The van der Waals surface area contributed by atoms with Crippen LogP contribution in [-0.2, 0) is 12.6 Å². The van der Waals surface area contributed by atoms with E-state index in [4.69, 9.17) is 5.26 Å². The third-order valence-corrected chi connectivity index (χ3v) is 1.86. The summed E-state index contributed by atoms with van der Waals surface area (Å²) in [7, 11) is 0. The molecule has 1 rings (SSSR count). The molecule has 1 aromatic rings. The van der Waals surface area contributed by atoms with Crippen molar-refractivity contribution in [3.05, 3.63) is 29.1 Å². The molecule has 0 bridgehead atoms. The number of nitrogens with zero attached hydrogens (tertiary/aromatic N) is 2. The Morgan fingerprint density at radius 3 is 2.38 bits per heavy atom. The Labute approximate surface area is 87.3 Å². The molecule has 0 saturated heterocycles. The average molecular weight is 236 g/mol. The maximum absolute atomic E-state index is 12.5. The third kappa shape index (κ3) is 2.45. The van der Waals surface area contributed by atoms with E-state index in [9.17, 15) is 22.0 Å². The molecule has 0 N–H and O–H groups in total. The second-order valence-corrected chi connectivity index (χ2v) is 2.89. The van der Waals surface area contributed by atoms with Gasteiger partial charge < -0.3 is 0 Å². The van der Waals surface area contributed by atoms with E-state index < -0.39 is 35.7 Å². The zero-order valence-electron chi connectivity index (χ0n) is 7.72. The number of halogens is 5. The van der Waals surface area contributed by atoms with Crippen LogP contribution in [0.5, 0.6) is 0 Å². The Balaban J connectivity index is 3.40. The quantitative estimate of drug-likeness (QED) is 0.740. The second kappa shape index (κ2) is 4.43. The van der Waals surface area contributed by atoms with Crippen LogP contribution in [0.1, 0.15) is 23.1 Å². The first kappa shape index (κ1) is 12.4. The highest BCUT2D eigenvalue weighted by Crippen LogP contribution is 2.37. The highest BCUT2D eigenvalue weighted by atomic mass is 19.4. The van der Waals surface area contributed by atoms with Crippen LogP contribution < -0.4 is 0 Å². The highest BCUT2D eigenvalue weighted by Gasteiger charge is 2.37. The van der Waals surface area contributed by atoms with Gasteiger partial charge in [0.2, 0.25) is 0 Å². The van der Waals surface area contributed by atoms with Crippen molar-refractivity contribution in [2.45, 2.75) is 19.0 Å². The van der Waals surface area contributed by atoms with Gasteiger partial charge in [0.1, 0.15) is 0 Å². The van der Waals surface area contributed by atoms with Gasteiger partial charge in [-0.2, -0.15) is 18.4 Å². The first-order valence-electron chi connectivity index (χ1n) is 4.07. The molecular formula is C9H5F5N2. The third-order valence-electron chi connectivity index (χ3n) is 1.86. The number of alkyl halides is 5. The molecule has 0 aliphatic rings. The van der Waals surface area contributed by atoms with Crippen LogP contribution in [0.15, 0.2) is 12.4 Å². The summed E-state index contributed by atoms with van der Waals surface area (Å²) in [6.45, 7) is 0. The molecule has 0 amide bonds. The maximum Gasteiger partial charge on any atom is 0.418 e. The molecule has 0 aliphatic heterocycles. The summed E-state index contributed by atoms with van der Waals surface area (Å²) < 4.78 is 62.1. The average Bonchev–Trinajstić information content (AvgIpc) is 2.16. The molecule has 7 heteroatoms. The van der Waals surface area contributed by atoms with Crippen molar-refractivity contribution in [3.63, 3.8) is 0 Å². The molecule has 2 nitrogen and oxygen atoms in total. The van der Waals surface area contributed by atoms with Crippen LogP contribution in [0.4, 0.5) is 22.0 Å². The lowest BCUT2D eigenvalue weighted by atomic mass is 10.0. The molecule has 1 heterocycles. The Kier molecular flexibility index (Phi) is 3.42. The largest absolute Gasteiger partial charge is 0.418 e. The minimum Gasteiger partial charge on any atom is -0.264 e. The number of pyridine rings is 1. The van der Waals surface area contributed by atoms with Crippen LogP contribution in [0.3, 0.4) is 0 Å². The van der Waals surface area contributed by atoms with E-state index in [1.165, 1.54) is 6.07 Å². The molecule has 0 atom stereocenters. The van der Waals surface area contributed by atoms with Crippen LogP contribution in [0, 0.1) is 11.3 Å².